The molecule has 0 saturated carbocycles. The molecule has 0 amide bonds. The summed E-state index contributed by atoms with van der Waals surface area (Å²) in [7, 11) is 4.28. The fraction of sp³-hybridized carbons (Fsp3) is 0.467. The van der Waals surface area contributed by atoms with E-state index in [9.17, 15) is 0 Å². The topological polar surface area (TPSA) is 3.24 Å². The van der Waals surface area contributed by atoms with Crippen LogP contribution in [0.25, 0.3) is 10.1 Å². The Morgan fingerprint density at radius 1 is 1.18 bits per heavy atom. The van der Waals surface area contributed by atoms with Crippen LogP contribution in [-0.2, 0) is 6.42 Å². The molecule has 0 aliphatic heterocycles. The molecule has 0 aliphatic rings. The highest BCUT2D eigenvalue weighted by Gasteiger charge is 2.14. The predicted octanol–water partition coefficient (Wildman–Crippen LogP) is 4.13. The van der Waals surface area contributed by atoms with Crippen LogP contribution in [0.15, 0.2) is 24.3 Å². The lowest BCUT2D eigenvalue weighted by Gasteiger charge is -2.11. The first-order valence-electron chi connectivity index (χ1n) is 6.24. The van der Waals surface area contributed by atoms with Gasteiger partial charge in [0, 0.05) is 16.1 Å². The molecule has 0 N–H and O–H groups in total. The van der Waals surface area contributed by atoms with E-state index in [0.717, 1.165) is 6.54 Å². The largest absolute Gasteiger partial charge is 0.309 e. The lowest BCUT2D eigenvalue weighted by Crippen LogP contribution is -2.15. The molecule has 2 aromatic rings. The number of thiophene rings is 1. The van der Waals surface area contributed by atoms with Crippen LogP contribution in [0.4, 0.5) is 0 Å². The van der Waals surface area contributed by atoms with E-state index in [4.69, 9.17) is 0 Å². The van der Waals surface area contributed by atoms with E-state index in [1.807, 2.05) is 11.3 Å². The van der Waals surface area contributed by atoms with Crippen LogP contribution in [-0.4, -0.2) is 25.5 Å². The predicted molar refractivity (Wildman–Crippen MR) is 78.2 cm³/mol. The Labute approximate surface area is 108 Å². The molecule has 0 spiro atoms. The minimum atomic E-state index is 0.614. The highest BCUT2D eigenvalue weighted by molar-refractivity contribution is 7.19. The lowest BCUT2D eigenvalue weighted by molar-refractivity contribution is 0.414. The van der Waals surface area contributed by atoms with E-state index in [1.54, 1.807) is 10.4 Å². The maximum Gasteiger partial charge on any atom is 0.0348 e. The van der Waals surface area contributed by atoms with Crippen LogP contribution in [0.5, 0.6) is 0 Å². The SMILES string of the molecule is CC(C)c1c(CCN(C)C)sc2ccccc12. The summed E-state index contributed by atoms with van der Waals surface area (Å²) in [5.74, 6) is 0.614. The molecule has 92 valence electrons. The Kier molecular flexibility index (Phi) is 3.85. The van der Waals surface area contributed by atoms with Crippen LogP contribution >= 0.6 is 11.3 Å². The van der Waals surface area contributed by atoms with Crippen LogP contribution in [0, 0.1) is 0 Å². The Balaban J connectivity index is 2.43. The molecule has 0 atom stereocenters. The smallest absolute Gasteiger partial charge is 0.0348 e. The maximum atomic E-state index is 2.30. The van der Waals surface area contributed by atoms with Crippen molar-refractivity contribution in [2.45, 2.75) is 26.2 Å². The third-order valence-corrected chi connectivity index (χ3v) is 4.32. The van der Waals surface area contributed by atoms with E-state index in [2.05, 4.69) is 57.1 Å². The van der Waals surface area contributed by atoms with Crippen LogP contribution < -0.4 is 0 Å². The average Bonchev–Trinajstić information content (AvgIpc) is 2.64. The van der Waals surface area contributed by atoms with E-state index in [-0.39, 0.29) is 0 Å². The van der Waals surface area contributed by atoms with Crippen molar-refractivity contribution in [3.05, 3.63) is 34.7 Å². The van der Waals surface area contributed by atoms with E-state index in [1.165, 1.54) is 16.5 Å². The second-order valence-electron chi connectivity index (χ2n) is 5.14. The zero-order valence-electron chi connectivity index (χ0n) is 11.2. The summed E-state index contributed by atoms with van der Waals surface area (Å²) in [6.07, 6.45) is 1.17. The molecule has 17 heavy (non-hydrogen) atoms. The van der Waals surface area contributed by atoms with E-state index in [0.29, 0.717) is 5.92 Å². The van der Waals surface area contributed by atoms with Crippen LogP contribution in [0.3, 0.4) is 0 Å². The van der Waals surface area contributed by atoms with Gasteiger partial charge in [0.15, 0.2) is 0 Å². The Hall–Kier alpha value is -0.860. The van der Waals surface area contributed by atoms with Crippen molar-refractivity contribution in [2.75, 3.05) is 20.6 Å². The van der Waals surface area contributed by atoms with Crippen LogP contribution in [0.1, 0.15) is 30.2 Å². The summed E-state index contributed by atoms with van der Waals surface area (Å²) >= 11 is 1.97. The molecule has 1 aromatic carbocycles. The lowest BCUT2D eigenvalue weighted by atomic mass is 9.98. The van der Waals surface area contributed by atoms with Gasteiger partial charge < -0.3 is 4.90 Å². The molecule has 0 radical (unpaired) electrons. The summed E-state index contributed by atoms with van der Waals surface area (Å²) in [5.41, 5.74) is 1.56. The molecule has 2 heteroatoms. The van der Waals surface area contributed by atoms with Crippen molar-refractivity contribution in [1.82, 2.24) is 4.90 Å². The van der Waals surface area contributed by atoms with Gasteiger partial charge in [-0.05, 0) is 43.5 Å². The number of benzene rings is 1. The summed E-state index contributed by atoms with van der Waals surface area (Å²) < 4.78 is 1.44. The van der Waals surface area contributed by atoms with Crippen LogP contribution in [0.2, 0.25) is 0 Å². The highest BCUT2D eigenvalue weighted by atomic mass is 32.1. The Bertz CT molecular complexity index is 497. The zero-order valence-corrected chi connectivity index (χ0v) is 12.0. The quantitative estimate of drug-likeness (QED) is 0.785. The summed E-state index contributed by atoms with van der Waals surface area (Å²) in [6, 6.07) is 8.79. The minimum Gasteiger partial charge on any atom is -0.309 e. The zero-order chi connectivity index (χ0) is 12.4. The average molecular weight is 247 g/mol. The van der Waals surface area contributed by atoms with E-state index >= 15 is 0 Å². The second-order valence-corrected chi connectivity index (χ2v) is 6.28. The fourth-order valence-electron chi connectivity index (χ4n) is 2.26. The van der Waals surface area contributed by atoms with Gasteiger partial charge in [0.05, 0.1) is 0 Å². The minimum absolute atomic E-state index is 0.614. The molecule has 1 nitrogen and oxygen atoms in total. The maximum absolute atomic E-state index is 2.30. The molecule has 1 aromatic heterocycles. The number of hydrogen-bond acceptors (Lipinski definition) is 2. The first-order chi connectivity index (χ1) is 8.09. The van der Waals surface area contributed by atoms with Crippen molar-refractivity contribution in [1.29, 1.82) is 0 Å². The molecule has 1 heterocycles. The summed E-state index contributed by atoms with van der Waals surface area (Å²) in [5, 5.41) is 1.46. The summed E-state index contributed by atoms with van der Waals surface area (Å²) in [4.78, 5) is 3.82. The normalized spacial score (nSPS) is 11.9. The molecule has 0 saturated heterocycles. The molecule has 0 unspecified atom stereocenters. The van der Waals surface area contributed by atoms with Gasteiger partial charge in [-0.25, -0.2) is 0 Å². The number of fused-ring (bicyclic) bond motifs is 1. The molecule has 2 rings (SSSR count). The molecule has 0 aliphatic carbocycles. The molecular formula is C15H21NS. The van der Waals surface area contributed by atoms with Gasteiger partial charge in [-0.2, -0.15) is 0 Å². The van der Waals surface area contributed by atoms with Crippen molar-refractivity contribution < 1.29 is 0 Å². The Morgan fingerprint density at radius 2 is 1.88 bits per heavy atom. The van der Waals surface area contributed by atoms with Crippen molar-refractivity contribution in [3.8, 4) is 0 Å². The first-order valence-corrected chi connectivity index (χ1v) is 7.06. The molecule has 0 bridgehead atoms. The number of likely N-dealkylation sites (N-methyl/N-ethyl adjacent to an activating group) is 1. The van der Waals surface area contributed by atoms with Crippen molar-refractivity contribution in [2.24, 2.45) is 0 Å². The van der Waals surface area contributed by atoms with Gasteiger partial charge in [-0.3, -0.25) is 0 Å². The standard InChI is InChI=1S/C15H21NS/c1-11(2)15-12-7-5-6-8-13(12)17-14(15)9-10-16(3)4/h5-8,11H,9-10H2,1-4H3. The van der Waals surface area contributed by atoms with Crippen molar-refractivity contribution >= 4 is 21.4 Å². The monoisotopic (exact) mass is 247 g/mol. The van der Waals surface area contributed by atoms with Gasteiger partial charge in [-0.1, -0.05) is 32.0 Å². The molecular weight excluding hydrogens is 226 g/mol. The number of hydrogen-bond donors (Lipinski definition) is 0. The summed E-state index contributed by atoms with van der Waals surface area (Å²) in [6.45, 7) is 5.73. The molecule has 0 fully saturated rings. The van der Waals surface area contributed by atoms with Gasteiger partial charge in [0.25, 0.3) is 0 Å². The van der Waals surface area contributed by atoms with E-state index < -0.39 is 0 Å². The highest BCUT2D eigenvalue weighted by Crippen LogP contribution is 2.36. The van der Waals surface area contributed by atoms with Gasteiger partial charge in [-0.15, -0.1) is 11.3 Å². The van der Waals surface area contributed by atoms with Gasteiger partial charge >= 0.3 is 0 Å². The first kappa shape index (κ1) is 12.6. The number of nitrogens with zero attached hydrogens (tertiary/aromatic N) is 1. The Morgan fingerprint density at radius 3 is 2.53 bits per heavy atom. The third kappa shape index (κ3) is 2.70. The number of rotatable bonds is 4. The van der Waals surface area contributed by atoms with Gasteiger partial charge in [0.1, 0.15) is 0 Å². The third-order valence-electron chi connectivity index (χ3n) is 3.07. The van der Waals surface area contributed by atoms with Crippen molar-refractivity contribution in [3.63, 3.8) is 0 Å². The van der Waals surface area contributed by atoms with Gasteiger partial charge in [0.2, 0.25) is 0 Å². The fourth-order valence-corrected chi connectivity index (χ4v) is 3.61. The second kappa shape index (κ2) is 5.19.